The number of hydrogen-bond acceptors (Lipinski definition) is 7. The maximum Gasteiger partial charge on any atom is 0.303 e. The summed E-state index contributed by atoms with van der Waals surface area (Å²) in [6, 6.07) is 23.5. The number of methoxy groups -OCH3 is 1. The fourth-order valence-corrected chi connectivity index (χ4v) is 5.47. The van der Waals surface area contributed by atoms with Crippen LogP contribution in [0.25, 0.3) is 0 Å². The van der Waals surface area contributed by atoms with Gasteiger partial charge < -0.3 is 29.7 Å². The van der Waals surface area contributed by atoms with Crippen LogP contribution in [0.5, 0.6) is 5.75 Å². The second kappa shape index (κ2) is 14.9. The molecule has 8 nitrogen and oxygen atoms in total. The zero-order chi connectivity index (χ0) is 28.3. The summed E-state index contributed by atoms with van der Waals surface area (Å²) in [5, 5.41) is 21.0. The summed E-state index contributed by atoms with van der Waals surface area (Å²) in [4.78, 5) is 23.7. The van der Waals surface area contributed by atoms with E-state index in [1.54, 1.807) is 18.9 Å². The van der Waals surface area contributed by atoms with Gasteiger partial charge in [0.15, 0.2) is 6.29 Å². The molecule has 1 heterocycles. The van der Waals surface area contributed by atoms with Gasteiger partial charge >= 0.3 is 5.97 Å². The maximum atomic E-state index is 12.0. The highest BCUT2D eigenvalue weighted by Gasteiger charge is 2.32. The Morgan fingerprint density at radius 1 is 0.950 bits per heavy atom. The van der Waals surface area contributed by atoms with Crippen LogP contribution in [-0.2, 0) is 32.2 Å². The van der Waals surface area contributed by atoms with E-state index in [4.69, 9.17) is 19.3 Å². The molecule has 0 aromatic heterocycles. The van der Waals surface area contributed by atoms with E-state index >= 15 is 0 Å². The number of carbonyl (C=O) groups is 2. The lowest BCUT2D eigenvalue weighted by Gasteiger charge is -2.36. The molecule has 3 N–H and O–H groups in total. The Hall–Kier alpha value is -3.37. The number of aliphatic carboxylic acids is 1. The van der Waals surface area contributed by atoms with Crippen molar-refractivity contribution in [3.05, 3.63) is 95.1 Å². The summed E-state index contributed by atoms with van der Waals surface area (Å²) in [6.45, 7) is 0.349. The quantitative estimate of drug-likeness (QED) is 0.236. The molecule has 1 amide bonds. The van der Waals surface area contributed by atoms with E-state index in [0.717, 1.165) is 38.7 Å². The minimum Gasteiger partial charge on any atom is -0.496 e. The molecule has 212 valence electrons. The molecular formula is C31H35NO7S. The van der Waals surface area contributed by atoms with E-state index in [0.29, 0.717) is 19.4 Å². The molecule has 0 radical (unpaired) electrons. The fourth-order valence-electron chi connectivity index (χ4n) is 4.43. The van der Waals surface area contributed by atoms with Crippen LogP contribution in [-0.4, -0.2) is 41.1 Å². The van der Waals surface area contributed by atoms with Crippen LogP contribution < -0.4 is 10.1 Å². The van der Waals surface area contributed by atoms with E-state index in [1.165, 1.54) is 0 Å². The van der Waals surface area contributed by atoms with Gasteiger partial charge in [0.25, 0.3) is 0 Å². The number of thioether (sulfide) groups is 1. The topological polar surface area (TPSA) is 114 Å². The van der Waals surface area contributed by atoms with Gasteiger partial charge in [-0.15, -0.1) is 11.8 Å². The first-order valence-corrected chi connectivity index (χ1v) is 14.3. The van der Waals surface area contributed by atoms with Crippen molar-refractivity contribution in [2.45, 2.75) is 62.2 Å². The van der Waals surface area contributed by atoms with Crippen molar-refractivity contribution in [1.29, 1.82) is 0 Å². The third-order valence-corrected chi connectivity index (χ3v) is 7.83. The molecule has 3 aromatic carbocycles. The van der Waals surface area contributed by atoms with E-state index in [-0.39, 0.29) is 37.6 Å². The van der Waals surface area contributed by atoms with Crippen LogP contribution in [0.2, 0.25) is 0 Å². The van der Waals surface area contributed by atoms with Crippen LogP contribution in [0.15, 0.2) is 77.7 Å². The first kappa shape index (κ1) is 29.6. The van der Waals surface area contributed by atoms with Gasteiger partial charge in [0.2, 0.25) is 5.91 Å². The normalized spacial score (nSPS) is 18.7. The molecule has 3 aromatic rings. The summed E-state index contributed by atoms with van der Waals surface area (Å²) in [5.41, 5.74) is 3.67. The van der Waals surface area contributed by atoms with E-state index in [2.05, 4.69) is 5.32 Å². The molecular weight excluding hydrogens is 530 g/mol. The molecule has 1 aliphatic rings. The number of carboxylic acids is 1. The third-order valence-electron chi connectivity index (χ3n) is 6.64. The van der Waals surface area contributed by atoms with Crippen LogP contribution in [0.4, 0.5) is 0 Å². The zero-order valence-corrected chi connectivity index (χ0v) is 23.3. The third kappa shape index (κ3) is 8.56. The van der Waals surface area contributed by atoms with Crippen molar-refractivity contribution in [3.63, 3.8) is 0 Å². The number of amides is 1. The number of hydrogen-bond donors (Lipinski definition) is 3. The number of carbonyl (C=O) groups excluding carboxylic acids is 1. The van der Waals surface area contributed by atoms with Gasteiger partial charge in [-0.1, -0.05) is 60.7 Å². The lowest BCUT2D eigenvalue weighted by atomic mass is 10.0. The average molecular weight is 566 g/mol. The monoisotopic (exact) mass is 565 g/mol. The van der Waals surface area contributed by atoms with Crippen LogP contribution in [0, 0.1) is 0 Å². The second-order valence-electron chi connectivity index (χ2n) is 9.58. The van der Waals surface area contributed by atoms with Crippen LogP contribution >= 0.6 is 11.8 Å². The van der Waals surface area contributed by atoms with Crippen molar-refractivity contribution in [2.24, 2.45) is 0 Å². The SMILES string of the molecule is COc1ccccc1SC[C@@H]1C[C@H](c2ccc(CO)cc2)O[C@H](c2ccc(CNC(=O)CCCC(=O)O)cc2)O1. The van der Waals surface area contributed by atoms with Crippen LogP contribution in [0.1, 0.15) is 60.3 Å². The number of carboxylic acid groups (broad SMARTS) is 1. The number of aliphatic hydroxyl groups excluding tert-OH is 1. The molecule has 1 fully saturated rings. The molecule has 3 atom stereocenters. The molecule has 4 rings (SSSR count). The van der Waals surface area contributed by atoms with Gasteiger partial charge in [-0.2, -0.15) is 0 Å². The summed E-state index contributed by atoms with van der Waals surface area (Å²) in [5.74, 6) is 0.476. The molecule has 0 unspecified atom stereocenters. The lowest BCUT2D eigenvalue weighted by molar-refractivity contribution is -0.245. The number of benzene rings is 3. The van der Waals surface area contributed by atoms with Gasteiger partial charge in [-0.25, -0.2) is 0 Å². The Kier molecular flexibility index (Phi) is 11.0. The number of nitrogens with one attached hydrogen (secondary N) is 1. The highest BCUT2D eigenvalue weighted by atomic mass is 32.2. The lowest BCUT2D eigenvalue weighted by Crippen LogP contribution is -2.31. The molecule has 1 aliphatic heterocycles. The van der Waals surface area contributed by atoms with Gasteiger partial charge in [0.05, 0.1) is 25.9 Å². The standard InChI is InChI=1S/C31H35NO7S/c1-37-26-5-2-3-6-28(26)40-20-25-17-27(23-13-11-22(19-33)12-14-23)39-31(38-25)24-15-9-21(10-16-24)18-32-29(34)7-4-8-30(35)36/h2-3,5-6,9-16,25,27,31,33H,4,7-8,17-20H2,1H3,(H,32,34)(H,35,36)/t25-,27+,31+/m0/s1. The van der Waals surface area contributed by atoms with Gasteiger partial charge in [-0.05, 0) is 35.2 Å². The van der Waals surface area contributed by atoms with Crippen molar-refractivity contribution in [3.8, 4) is 5.75 Å². The second-order valence-corrected chi connectivity index (χ2v) is 10.6. The zero-order valence-electron chi connectivity index (χ0n) is 22.5. The Morgan fingerprint density at radius 2 is 1.65 bits per heavy atom. The first-order chi connectivity index (χ1) is 19.4. The number of rotatable bonds is 13. The van der Waals surface area contributed by atoms with E-state index in [9.17, 15) is 14.7 Å². The van der Waals surface area contributed by atoms with Crippen molar-refractivity contribution < 1.29 is 34.0 Å². The molecule has 0 saturated carbocycles. The van der Waals surface area contributed by atoms with Crippen LogP contribution in [0.3, 0.4) is 0 Å². The number of para-hydroxylation sites is 1. The smallest absolute Gasteiger partial charge is 0.303 e. The molecule has 40 heavy (non-hydrogen) atoms. The highest BCUT2D eigenvalue weighted by molar-refractivity contribution is 7.99. The number of ether oxygens (including phenoxy) is 3. The molecule has 0 aliphatic carbocycles. The average Bonchev–Trinajstić information content (AvgIpc) is 2.99. The van der Waals surface area contributed by atoms with E-state index < -0.39 is 12.3 Å². The Bertz CT molecular complexity index is 1250. The summed E-state index contributed by atoms with van der Waals surface area (Å²) >= 11 is 1.69. The molecule has 9 heteroatoms. The summed E-state index contributed by atoms with van der Waals surface area (Å²) in [7, 11) is 1.67. The molecule has 0 bridgehead atoms. The van der Waals surface area contributed by atoms with E-state index in [1.807, 2.05) is 72.8 Å². The molecule has 0 spiro atoms. The van der Waals surface area contributed by atoms with Gasteiger partial charge in [-0.3, -0.25) is 9.59 Å². The minimum absolute atomic E-state index is 0.00908. The van der Waals surface area contributed by atoms with Crippen molar-refractivity contribution in [2.75, 3.05) is 12.9 Å². The van der Waals surface area contributed by atoms with Crippen molar-refractivity contribution in [1.82, 2.24) is 5.32 Å². The number of aliphatic hydroxyl groups is 1. The highest BCUT2D eigenvalue weighted by Crippen LogP contribution is 2.40. The fraction of sp³-hybridized carbons (Fsp3) is 0.355. The first-order valence-electron chi connectivity index (χ1n) is 13.3. The Labute approximate surface area is 238 Å². The predicted octanol–water partition coefficient (Wildman–Crippen LogP) is 5.40. The maximum absolute atomic E-state index is 12.0. The Balaban J connectivity index is 1.42. The summed E-state index contributed by atoms with van der Waals surface area (Å²) < 4.78 is 18.4. The van der Waals surface area contributed by atoms with Gasteiger partial charge in [0.1, 0.15) is 5.75 Å². The molecule has 1 saturated heterocycles. The predicted molar refractivity (Wildman–Crippen MR) is 152 cm³/mol. The van der Waals surface area contributed by atoms with Gasteiger partial charge in [0, 0.05) is 42.0 Å². The summed E-state index contributed by atoms with van der Waals surface area (Å²) in [6.07, 6.45) is 0.331. The van der Waals surface area contributed by atoms with Crippen molar-refractivity contribution >= 4 is 23.6 Å². The minimum atomic E-state index is -0.902. The largest absolute Gasteiger partial charge is 0.496 e. The Morgan fingerprint density at radius 3 is 2.35 bits per heavy atom.